The van der Waals surface area contributed by atoms with Gasteiger partial charge in [-0.25, -0.2) is 4.98 Å². The molecule has 1 aromatic carbocycles. The summed E-state index contributed by atoms with van der Waals surface area (Å²) in [6.45, 7) is 8.00. The minimum atomic E-state index is 0.0655. The summed E-state index contributed by atoms with van der Waals surface area (Å²) in [5, 5.41) is 1.12. The first-order chi connectivity index (χ1) is 10.7. The lowest BCUT2D eigenvalue weighted by atomic mass is 10.1. The lowest BCUT2D eigenvalue weighted by molar-refractivity contribution is 0.0745. The van der Waals surface area contributed by atoms with Crippen molar-refractivity contribution in [3.8, 4) is 0 Å². The molecule has 0 unspecified atom stereocenters. The van der Waals surface area contributed by atoms with Crippen LogP contribution in [0.1, 0.15) is 55.6 Å². The van der Waals surface area contributed by atoms with Gasteiger partial charge in [0.25, 0.3) is 5.91 Å². The molecule has 0 N–H and O–H groups in total. The summed E-state index contributed by atoms with van der Waals surface area (Å²) in [6.07, 6.45) is 4.28. The van der Waals surface area contributed by atoms with E-state index in [1.54, 1.807) is 0 Å². The third-order valence-corrected chi connectivity index (χ3v) is 3.99. The van der Waals surface area contributed by atoms with E-state index in [0.717, 1.165) is 55.2 Å². The molecule has 118 valence electrons. The van der Waals surface area contributed by atoms with E-state index in [4.69, 9.17) is 0 Å². The molecule has 0 bridgehead atoms. The molecule has 0 spiro atoms. The first-order valence-corrected chi connectivity index (χ1v) is 8.33. The Morgan fingerprint density at radius 1 is 1.09 bits per heavy atom. The molecule has 1 aromatic heterocycles. The summed E-state index contributed by atoms with van der Waals surface area (Å²) >= 11 is 0. The molecular weight excluding hydrogens is 272 g/mol. The van der Waals surface area contributed by atoms with E-state index in [9.17, 15) is 4.79 Å². The second-order valence-electron chi connectivity index (χ2n) is 5.84. The molecule has 0 saturated carbocycles. The number of pyridine rings is 1. The molecule has 1 amide bonds. The van der Waals surface area contributed by atoms with E-state index < -0.39 is 0 Å². The number of fused-ring (bicyclic) bond motifs is 1. The Kier molecular flexibility index (Phi) is 5.93. The molecule has 0 fully saturated rings. The first-order valence-electron chi connectivity index (χ1n) is 8.33. The van der Waals surface area contributed by atoms with Crippen molar-refractivity contribution < 1.29 is 4.79 Å². The predicted molar refractivity (Wildman–Crippen MR) is 92.2 cm³/mol. The quantitative estimate of drug-likeness (QED) is 0.749. The van der Waals surface area contributed by atoms with Crippen LogP contribution in [0.2, 0.25) is 0 Å². The molecule has 0 aliphatic heterocycles. The van der Waals surface area contributed by atoms with Gasteiger partial charge in [0, 0.05) is 18.5 Å². The number of nitrogens with zero attached hydrogens (tertiary/aromatic N) is 2. The Labute approximate surface area is 133 Å². The first kappa shape index (κ1) is 16.5. The maximum absolute atomic E-state index is 12.8. The second kappa shape index (κ2) is 7.92. The van der Waals surface area contributed by atoms with Gasteiger partial charge in [0.2, 0.25) is 0 Å². The van der Waals surface area contributed by atoms with Crippen LogP contribution < -0.4 is 0 Å². The van der Waals surface area contributed by atoms with E-state index in [2.05, 4.69) is 24.9 Å². The highest BCUT2D eigenvalue weighted by atomic mass is 16.2. The molecule has 0 aliphatic carbocycles. The molecule has 22 heavy (non-hydrogen) atoms. The number of unbranched alkanes of at least 4 members (excludes halogenated alkanes) is 2. The van der Waals surface area contributed by atoms with Crippen molar-refractivity contribution >= 4 is 16.8 Å². The molecule has 2 rings (SSSR count). The molecule has 3 heteroatoms. The van der Waals surface area contributed by atoms with Gasteiger partial charge >= 0.3 is 0 Å². The van der Waals surface area contributed by atoms with Crippen molar-refractivity contribution in [1.29, 1.82) is 0 Å². The molecule has 3 nitrogen and oxygen atoms in total. The maximum atomic E-state index is 12.8. The van der Waals surface area contributed by atoms with E-state index >= 15 is 0 Å². The average molecular weight is 298 g/mol. The molecule has 0 radical (unpaired) electrons. The summed E-state index contributed by atoms with van der Waals surface area (Å²) in [6, 6.07) is 9.93. The fourth-order valence-electron chi connectivity index (χ4n) is 2.63. The smallest absolute Gasteiger partial charge is 0.272 e. The number of aryl methyl sites for hydroxylation is 1. The second-order valence-corrected chi connectivity index (χ2v) is 5.84. The van der Waals surface area contributed by atoms with Crippen LogP contribution in [-0.2, 0) is 0 Å². The van der Waals surface area contributed by atoms with Gasteiger partial charge in [-0.1, -0.05) is 44.9 Å². The summed E-state index contributed by atoms with van der Waals surface area (Å²) in [4.78, 5) is 19.4. The van der Waals surface area contributed by atoms with Crippen LogP contribution in [0.4, 0.5) is 0 Å². The number of rotatable bonds is 7. The van der Waals surface area contributed by atoms with Gasteiger partial charge in [0.15, 0.2) is 0 Å². The topological polar surface area (TPSA) is 33.2 Å². The van der Waals surface area contributed by atoms with E-state index in [0.29, 0.717) is 5.69 Å². The zero-order valence-electron chi connectivity index (χ0n) is 13.9. The number of carbonyl (C=O) groups is 1. The Hall–Kier alpha value is -1.90. The van der Waals surface area contributed by atoms with Crippen LogP contribution in [0.25, 0.3) is 10.9 Å². The number of carbonyl (C=O) groups excluding carboxylic acids is 1. The predicted octanol–water partition coefficient (Wildman–Crippen LogP) is 4.59. The van der Waals surface area contributed by atoms with Crippen LogP contribution in [0.3, 0.4) is 0 Å². The number of para-hydroxylation sites is 1. The van der Waals surface area contributed by atoms with Gasteiger partial charge < -0.3 is 4.90 Å². The van der Waals surface area contributed by atoms with Gasteiger partial charge in [-0.2, -0.15) is 0 Å². The number of amides is 1. The average Bonchev–Trinajstić information content (AvgIpc) is 2.54. The van der Waals surface area contributed by atoms with Crippen LogP contribution in [0.5, 0.6) is 0 Å². The standard InChI is InChI=1S/C19H26N2O/c1-4-6-12-21(13-7-5-2)19(22)18-14-15(3)16-10-8-9-11-17(16)20-18/h8-11,14H,4-7,12-13H2,1-3H3. The van der Waals surface area contributed by atoms with Crippen molar-refractivity contribution in [2.45, 2.75) is 46.5 Å². The minimum Gasteiger partial charge on any atom is -0.337 e. The lowest BCUT2D eigenvalue weighted by Crippen LogP contribution is -2.33. The molecule has 1 heterocycles. The van der Waals surface area contributed by atoms with Gasteiger partial charge in [0.05, 0.1) is 5.52 Å². The number of aromatic nitrogens is 1. The SMILES string of the molecule is CCCCN(CCCC)C(=O)c1cc(C)c2ccccc2n1. The summed E-state index contributed by atoms with van der Waals surface area (Å²) in [5.41, 5.74) is 2.58. The zero-order chi connectivity index (χ0) is 15.9. The van der Waals surface area contributed by atoms with Crippen molar-refractivity contribution in [3.05, 3.63) is 41.6 Å². The number of hydrogen-bond donors (Lipinski definition) is 0. The van der Waals surface area contributed by atoms with Crippen molar-refractivity contribution in [2.24, 2.45) is 0 Å². The maximum Gasteiger partial charge on any atom is 0.272 e. The van der Waals surface area contributed by atoms with E-state index in [-0.39, 0.29) is 5.91 Å². The van der Waals surface area contributed by atoms with Crippen molar-refractivity contribution in [3.63, 3.8) is 0 Å². The van der Waals surface area contributed by atoms with Crippen LogP contribution in [0.15, 0.2) is 30.3 Å². The minimum absolute atomic E-state index is 0.0655. The van der Waals surface area contributed by atoms with Gasteiger partial charge in [-0.05, 0) is 37.5 Å². The van der Waals surface area contributed by atoms with Gasteiger partial charge in [0.1, 0.15) is 5.69 Å². The summed E-state index contributed by atoms with van der Waals surface area (Å²) in [7, 11) is 0. The monoisotopic (exact) mass is 298 g/mol. The Balaban J connectivity index is 2.28. The van der Waals surface area contributed by atoms with Crippen LogP contribution in [-0.4, -0.2) is 28.9 Å². The Bertz CT molecular complexity index is 628. The summed E-state index contributed by atoms with van der Waals surface area (Å²) in [5.74, 6) is 0.0655. The third kappa shape index (κ3) is 3.85. The van der Waals surface area contributed by atoms with Crippen molar-refractivity contribution in [2.75, 3.05) is 13.1 Å². The lowest BCUT2D eigenvalue weighted by Gasteiger charge is -2.22. The van der Waals surface area contributed by atoms with Gasteiger partial charge in [-0.15, -0.1) is 0 Å². The normalized spacial score (nSPS) is 10.9. The molecule has 0 aliphatic rings. The molecule has 0 atom stereocenters. The van der Waals surface area contributed by atoms with Crippen LogP contribution in [0, 0.1) is 6.92 Å². The highest BCUT2D eigenvalue weighted by Crippen LogP contribution is 2.18. The molecule has 0 saturated heterocycles. The van der Waals surface area contributed by atoms with Crippen molar-refractivity contribution in [1.82, 2.24) is 9.88 Å². The van der Waals surface area contributed by atoms with Gasteiger partial charge in [-0.3, -0.25) is 4.79 Å². The fraction of sp³-hybridized carbons (Fsp3) is 0.474. The fourth-order valence-corrected chi connectivity index (χ4v) is 2.63. The van der Waals surface area contributed by atoms with E-state index in [1.807, 2.05) is 36.1 Å². The zero-order valence-corrected chi connectivity index (χ0v) is 13.9. The highest BCUT2D eigenvalue weighted by molar-refractivity contribution is 5.95. The highest BCUT2D eigenvalue weighted by Gasteiger charge is 2.17. The third-order valence-electron chi connectivity index (χ3n) is 3.99. The molecule has 2 aromatic rings. The number of benzene rings is 1. The summed E-state index contributed by atoms with van der Waals surface area (Å²) < 4.78 is 0. The number of hydrogen-bond acceptors (Lipinski definition) is 2. The Morgan fingerprint density at radius 2 is 1.73 bits per heavy atom. The molecular formula is C19H26N2O. The Morgan fingerprint density at radius 3 is 2.36 bits per heavy atom. The van der Waals surface area contributed by atoms with E-state index in [1.165, 1.54) is 0 Å². The van der Waals surface area contributed by atoms with Crippen LogP contribution >= 0.6 is 0 Å². The largest absolute Gasteiger partial charge is 0.337 e.